The third-order valence-corrected chi connectivity index (χ3v) is 10.5. The molecule has 0 bridgehead atoms. The van der Waals surface area contributed by atoms with Crippen LogP contribution in [0.5, 0.6) is 5.75 Å². The number of amides is 2. The first-order valence-corrected chi connectivity index (χ1v) is 18.6. The van der Waals surface area contributed by atoms with Crippen LogP contribution in [0.25, 0.3) is 0 Å². The molecule has 2 aromatic carbocycles. The van der Waals surface area contributed by atoms with Crippen molar-refractivity contribution in [2.45, 2.75) is 90.7 Å². The molecule has 2 amide bonds. The highest BCUT2D eigenvalue weighted by Gasteiger charge is 2.44. The Hall–Kier alpha value is -3.22. The summed E-state index contributed by atoms with van der Waals surface area (Å²) in [5.41, 5.74) is 10.2. The molecule has 51 heavy (non-hydrogen) atoms. The van der Waals surface area contributed by atoms with E-state index in [0.29, 0.717) is 59.0 Å². The minimum absolute atomic E-state index is 0.0189. The van der Waals surface area contributed by atoms with Crippen molar-refractivity contribution in [3.05, 3.63) is 59.2 Å². The summed E-state index contributed by atoms with van der Waals surface area (Å²) < 4.78 is 29.0. The predicted molar refractivity (Wildman–Crippen MR) is 200 cm³/mol. The Bertz CT molecular complexity index is 1390. The Morgan fingerprint density at radius 2 is 1.76 bits per heavy atom. The van der Waals surface area contributed by atoms with E-state index in [2.05, 4.69) is 53.5 Å². The predicted octanol–water partition coefficient (Wildman–Crippen LogP) is 4.89. The van der Waals surface area contributed by atoms with Gasteiger partial charge in [0.1, 0.15) is 12.4 Å². The highest BCUT2D eigenvalue weighted by Crippen LogP contribution is 2.40. The molecule has 0 unspecified atom stereocenters. The lowest BCUT2D eigenvalue weighted by Gasteiger charge is -2.47. The number of nitrogens with one attached hydrogen (secondary N) is 1. The number of carbonyl (C=O) groups excluding carboxylic acids is 2. The number of fused-ring (bicyclic) bond motifs is 1. The smallest absolute Gasteiger partial charge is 0.240 e. The number of ether oxygens (including phenoxy) is 5. The Balaban J connectivity index is 1.64. The van der Waals surface area contributed by atoms with Gasteiger partial charge >= 0.3 is 0 Å². The number of hydrogen-bond donors (Lipinski definition) is 2. The lowest BCUT2D eigenvalue weighted by atomic mass is 9.76. The number of hydrogen-bond acceptors (Lipinski definition) is 9. The van der Waals surface area contributed by atoms with Gasteiger partial charge < -0.3 is 44.5 Å². The maximum Gasteiger partial charge on any atom is 0.240 e. The van der Waals surface area contributed by atoms with Gasteiger partial charge in [-0.15, -0.1) is 0 Å². The number of benzene rings is 2. The van der Waals surface area contributed by atoms with E-state index in [0.717, 1.165) is 54.1 Å². The fourth-order valence-electron chi connectivity index (χ4n) is 7.17. The van der Waals surface area contributed by atoms with Crippen LogP contribution in [0.3, 0.4) is 0 Å². The first-order chi connectivity index (χ1) is 24.5. The Morgan fingerprint density at radius 1 is 1.04 bits per heavy atom. The first-order valence-electron chi connectivity index (χ1n) is 18.6. The number of nitrogens with zero attached hydrogens (tertiary/aromatic N) is 2. The number of nitrogens with two attached hydrogens (primary N) is 1. The maximum atomic E-state index is 14.2. The summed E-state index contributed by atoms with van der Waals surface area (Å²) in [6.07, 6.45) is 2.57. The quantitative estimate of drug-likeness (QED) is 0.196. The van der Waals surface area contributed by atoms with Gasteiger partial charge in [0.25, 0.3) is 0 Å². The standard InChI is InChI=1S/C40H62N4O7/c1-8-28(2)37(41)38(45)44-25-36(51-27-30-12-15-35-34(22-30)43(17-19-50-35)16-9-18-47-6)33(23-32(44)24-40(3,4)39(46)42-5)31-13-10-29(11-14-31)26-49-21-20-48-7/h10-15,22,28,32-33,36-37H,8-9,16-21,23-27,41H2,1-7H3,(H,42,46)/t28-,32+,33+,36-,37-/m0/s1. The van der Waals surface area contributed by atoms with E-state index in [1.54, 1.807) is 21.3 Å². The third-order valence-electron chi connectivity index (χ3n) is 10.5. The molecule has 11 nitrogen and oxygen atoms in total. The highest BCUT2D eigenvalue weighted by atomic mass is 16.5. The van der Waals surface area contributed by atoms with E-state index in [-0.39, 0.29) is 35.8 Å². The van der Waals surface area contributed by atoms with E-state index < -0.39 is 11.5 Å². The number of methoxy groups -OCH3 is 2. The van der Waals surface area contributed by atoms with Crippen LogP contribution in [-0.4, -0.2) is 102 Å². The molecule has 1 saturated heterocycles. The SMILES string of the molecule is CC[C@H](C)[C@H](N)C(=O)N1C[C@H](OCc2ccc3c(c2)N(CCCOC)CCO3)[C@@H](c2ccc(COCCOC)cc2)C[C@@H]1CC(C)(C)C(=O)NC. The topological polar surface area (TPSA) is 125 Å². The van der Waals surface area contributed by atoms with Crippen molar-refractivity contribution in [1.29, 1.82) is 0 Å². The number of carbonyl (C=O) groups is 2. The minimum atomic E-state index is -0.694. The zero-order valence-electron chi connectivity index (χ0n) is 32.0. The summed E-state index contributed by atoms with van der Waals surface area (Å²) in [7, 11) is 5.05. The van der Waals surface area contributed by atoms with Crippen molar-refractivity contribution in [1.82, 2.24) is 10.2 Å². The van der Waals surface area contributed by atoms with E-state index >= 15 is 0 Å². The second-order valence-corrected chi connectivity index (χ2v) is 14.7. The molecule has 0 saturated carbocycles. The van der Waals surface area contributed by atoms with Crippen LogP contribution in [0, 0.1) is 11.3 Å². The number of rotatable bonds is 19. The van der Waals surface area contributed by atoms with Gasteiger partial charge in [-0.1, -0.05) is 64.4 Å². The maximum absolute atomic E-state index is 14.2. The van der Waals surface area contributed by atoms with Crippen LogP contribution in [0.15, 0.2) is 42.5 Å². The average molecular weight is 711 g/mol. The number of piperidine rings is 1. The van der Waals surface area contributed by atoms with Gasteiger partial charge in [0.05, 0.1) is 50.8 Å². The minimum Gasteiger partial charge on any atom is -0.490 e. The van der Waals surface area contributed by atoms with Crippen LogP contribution in [0.1, 0.15) is 76.0 Å². The van der Waals surface area contributed by atoms with Crippen molar-refractivity contribution in [2.75, 3.05) is 72.2 Å². The molecule has 284 valence electrons. The summed E-state index contributed by atoms with van der Waals surface area (Å²) in [5.74, 6) is 0.734. The van der Waals surface area contributed by atoms with Crippen molar-refractivity contribution < 1.29 is 33.3 Å². The van der Waals surface area contributed by atoms with Gasteiger partial charge in [0, 0.05) is 58.3 Å². The van der Waals surface area contributed by atoms with Crippen LogP contribution >= 0.6 is 0 Å². The lowest BCUT2D eigenvalue weighted by Crippen LogP contribution is -2.58. The first kappa shape index (κ1) is 40.5. The zero-order valence-corrected chi connectivity index (χ0v) is 32.0. The summed E-state index contributed by atoms with van der Waals surface area (Å²) in [6, 6.07) is 13.9. The van der Waals surface area contributed by atoms with E-state index in [1.165, 1.54) is 0 Å². The number of anilines is 1. The molecule has 0 aliphatic carbocycles. The van der Waals surface area contributed by atoms with Crippen molar-refractivity contribution in [3.63, 3.8) is 0 Å². The second-order valence-electron chi connectivity index (χ2n) is 14.7. The van der Waals surface area contributed by atoms with Gasteiger partial charge in [-0.05, 0) is 54.0 Å². The van der Waals surface area contributed by atoms with Crippen LogP contribution < -0.4 is 20.7 Å². The molecule has 2 heterocycles. The average Bonchev–Trinajstić information content (AvgIpc) is 3.14. The molecule has 1 fully saturated rings. The Morgan fingerprint density at radius 3 is 2.45 bits per heavy atom. The fraction of sp³-hybridized carbons (Fsp3) is 0.650. The zero-order chi connectivity index (χ0) is 37.0. The normalized spacial score (nSPS) is 20.4. The third kappa shape index (κ3) is 10.9. The summed E-state index contributed by atoms with van der Waals surface area (Å²) in [4.78, 5) is 31.5. The molecule has 0 radical (unpaired) electrons. The molecule has 4 rings (SSSR count). The van der Waals surface area contributed by atoms with Gasteiger partial charge in [0.15, 0.2) is 0 Å². The van der Waals surface area contributed by atoms with Gasteiger partial charge in [-0.3, -0.25) is 9.59 Å². The Labute approximate surface area is 305 Å². The molecular formula is C40H62N4O7. The van der Waals surface area contributed by atoms with Crippen LogP contribution in [-0.2, 0) is 41.8 Å². The molecule has 3 N–H and O–H groups in total. The van der Waals surface area contributed by atoms with E-state index in [4.69, 9.17) is 29.4 Å². The van der Waals surface area contributed by atoms with Crippen molar-refractivity contribution in [2.24, 2.45) is 17.1 Å². The van der Waals surface area contributed by atoms with E-state index in [1.807, 2.05) is 31.7 Å². The van der Waals surface area contributed by atoms with Crippen LogP contribution in [0.2, 0.25) is 0 Å². The fourth-order valence-corrected chi connectivity index (χ4v) is 7.17. The molecule has 2 aliphatic heterocycles. The van der Waals surface area contributed by atoms with E-state index in [9.17, 15) is 9.59 Å². The lowest BCUT2D eigenvalue weighted by molar-refractivity contribution is -0.146. The van der Waals surface area contributed by atoms with Crippen LogP contribution in [0.4, 0.5) is 5.69 Å². The number of likely N-dealkylation sites (tertiary alicyclic amines) is 1. The molecule has 0 spiro atoms. The summed E-state index contributed by atoms with van der Waals surface area (Å²) in [6.45, 7) is 13.3. The molecule has 2 aliphatic rings. The largest absolute Gasteiger partial charge is 0.490 e. The summed E-state index contributed by atoms with van der Waals surface area (Å²) >= 11 is 0. The van der Waals surface area contributed by atoms with Gasteiger partial charge in [0.2, 0.25) is 11.8 Å². The monoisotopic (exact) mass is 710 g/mol. The van der Waals surface area contributed by atoms with Crippen molar-refractivity contribution >= 4 is 17.5 Å². The highest BCUT2D eigenvalue weighted by molar-refractivity contribution is 5.83. The second kappa shape index (κ2) is 19.6. The molecule has 0 aromatic heterocycles. The van der Waals surface area contributed by atoms with Gasteiger partial charge in [-0.25, -0.2) is 0 Å². The molecular weight excluding hydrogens is 648 g/mol. The van der Waals surface area contributed by atoms with Crippen molar-refractivity contribution in [3.8, 4) is 5.75 Å². The van der Waals surface area contributed by atoms with Gasteiger partial charge in [-0.2, -0.15) is 0 Å². The molecule has 5 atom stereocenters. The molecule has 2 aromatic rings. The molecule has 11 heteroatoms. The summed E-state index contributed by atoms with van der Waals surface area (Å²) in [5, 5.41) is 2.82. The Kier molecular flexibility index (Phi) is 15.6.